The van der Waals surface area contributed by atoms with Gasteiger partial charge in [-0.3, -0.25) is 19.3 Å². The lowest BCUT2D eigenvalue weighted by Crippen LogP contribution is -2.37. The van der Waals surface area contributed by atoms with Crippen LogP contribution in [0.2, 0.25) is 0 Å². The number of rotatable bonds is 4. The fourth-order valence-corrected chi connectivity index (χ4v) is 5.33. The molecule has 136 valence electrons. The maximum Gasteiger partial charge on any atom is 0.288 e. The van der Waals surface area contributed by atoms with Crippen LogP contribution in [0.1, 0.15) is 48.0 Å². The molecule has 2 aliphatic rings. The van der Waals surface area contributed by atoms with Gasteiger partial charge in [-0.15, -0.1) is 11.3 Å². The topological polar surface area (TPSA) is 66.5 Å². The summed E-state index contributed by atoms with van der Waals surface area (Å²) in [6.45, 7) is 7.39. The fraction of sp³-hybridized carbons (Fsp3) is 0.611. The maximum absolute atomic E-state index is 12.5. The zero-order chi connectivity index (χ0) is 18.2. The van der Waals surface area contributed by atoms with Crippen LogP contribution in [0, 0.1) is 11.3 Å². The maximum atomic E-state index is 12.5. The second-order valence-corrected chi connectivity index (χ2v) is 9.60. The number of thioether (sulfide) groups is 1. The first-order valence-electron chi connectivity index (χ1n) is 8.62. The first-order chi connectivity index (χ1) is 11.8. The fourth-order valence-electron chi connectivity index (χ4n) is 3.42. The van der Waals surface area contributed by atoms with Gasteiger partial charge in [0.05, 0.1) is 11.3 Å². The van der Waals surface area contributed by atoms with Crippen LogP contribution in [0.3, 0.4) is 0 Å². The molecule has 1 aromatic rings. The van der Waals surface area contributed by atoms with Crippen LogP contribution < -0.4 is 5.32 Å². The van der Waals surface area contributed by atoms with Crippen LogP contribution in [-0.2, 0) is 17.6 Å². The summed E-state index contributed by atoms with van der Waals surface area (Å²) in [7, 11) is 0. The van der Waals surface area contributed by atoms with E-state index in [1.165, 1.54) is 15.3 Å². The number of imide groups is 1. The number of carbonyl (C=O) groups excluding carboxylic acids is 3. The number of hydrogen-bond acceptors (Lipinski definition) is 5. The molecule has 3 amide bonds. The van der Waals surface area contributed by atoms with Crippen molar-refractivity contribution in [1.29, 1.82) is 0 Å². The SMILES string of the molecule is CC(C)(C)C1CCc2c(C(=O)NCCN3C(=O)CSC3=O)csc2C1. The molecule has 1 saturated heterocycles. The third kappa shape index (κ3) is 3.92. The summed E-state index contributed by atoms with van der Waals surface area (Å²) in [5.74, 6) is 0.586. The van der Waals surface area contributed by atoms with Gasteiger partial charge in [-0.2, -0.15) is 0 Å². The lowest BCUT2D eigenvalue weighted by molar-refractivity contribution is -0.124. The summed E-state index contributed by atoms with van der Waals surface area (Å²) < 4.78 is 0. The lowest BCUT2D eigenvalue weighted by atomic mass is 9.72. The summed E-state index contributed by atoms with van der Waals surface area (Å²) >= 11 is 2.69. The molecule has 1 fully saturated rings. The highest BCUT2D eigenvalue weighted by atomic mass is 32.2. The van der Waals surface area contributed by atoms with Gasteiger partial charge in [0, 0.05) is 23.3 Å². The summed E-state index contributed by atoms with van der Waals surface area (Å²) in [5.41, 5.74) is 2.24. The number of nitrogens with one attached hydrogen (secondary N) is 1. The van der Waals surface area contributed by atoms with Gasteiger partial charge in [-0.25, -0.2) is 0 Å². The summed E-state index contributed by atoms with van der Waals surface area (Å²) in [5, 5.41) is 4.59. The van der Waals surface area contributed by atoms with E-state index in [0.29, 0.717) is 12.5 Å². The quantitative estimate of drug-likeness (QED) is 0.870. The van der Waals surface area contributed by atoms with Gasteiger partial charge >= 0.3 is 0 Å². The monoisotopic (exact) mass is 380 g/mol. The molecule has 1 aromatic heterocycles. The molecule has 0 spiro atoms. The molecule has 1 atom stereocenters. The van der Waals surface area contributed by atoms with Gasteiger partial charge in [0.25, 0.3) is 11.1 Å². The molecule has 1 aliphatic carbocycles. The zero-order valence-corrected chi connectivity index (χ0v) is 16.5. The van der Waals surface area contributed by atoms with Gasteiger partial charge in [0.15, 0.2) is 0 Å². The van der Waals surface area contributed by atoms with Crippen LogP contribution >= 0.6 is 23.1 Å². The van der Waals surface area contributed by atoms with E-state index < -0.39 is 0 Å². The molecule has 25 heavy (non-hydrogen) atoms. The van der Waals surface area contributed by atoms with Crippen molar-refractivity contribution < 1.29 is 14.4 Å². The normalized spacial score (nSPS) is 20.8. The van der Waals surface area contributed by atoms with Gasteiger partial charge in [-0.05, 0) is 36.2 Å². The Bertz CT molecular complexity index is 690. The molecule has 0 aromatic carbocycles. The summed E-state index contributed by atoms with van der Waals surface area (Å²) in [6, 6.07) is 0. The van der Waals surface area contributed by atoms with E-state index in [0.717, 1.165) is 36.6 Å². The van der Waals surface area contributed by atoms with E-state index >= 15 is 0 Å². The second-order valence-electron chi connectivity index (χ2n) is 7.71. The average molecular weight is 381 g/mol. The first-order valence-corrected chi connectivity index (χ1v) is 10.5. The molecule has 2 heterocycles. The van der Waals surface area contributed by atoms with Crippen molar-refractivity contribution in [3.05, 3.63) is 21.4 Å². The Kier molecular flexibility index (Phi) is 5.25. The van der Waals surface area contributed by atoms with Crippen molar-refractivity contribution in [2.24, 2.45) is 11.3 Å². The van der Waals surface area contributed by atoms with E-state index in [4.69, 9.17) is 0 Å². The Morgan fingerprint density at radius 3 is 2.76 bits per heavy atom. The lowest BCUT2D eigenvalue weighted by Gasteiger charge is -2.34. The van der Waals surface area contributed by atoms with Crippen molar-refractivity contribution >= 4 is 40.2 Å². The van der Waals surface area contributed by atoms with E-state index in [1.54, 1.807) is 11.3 Å². The number of nitrogens with zero attached hydrogens (tertiary/aromatic N) is 1. The van der Waals surface area contributed by atoms with Crippen molar-refractivity contribution in [1.82, 2.24) is 10.2 Å². The highest BCUT2D eigenvalue weighted by Gasteiger charge is 2.32. The Morgan fingerprint density at radius 2 is 2.12 bits per heavy atom. The number of thiophene rings is 1. The highest BCUT2D eigenvalue weighted by molar-refractivity contribution is 8.14. The van der Waals surface area contributed by atoms with Crippen LogP contribution in [0.15, 0.2) is 5.38 Å². The minimum atomic E-state index is -0.222. The molecule has 0 saturated carbocycles. The molecule has 1 N–H and O–H groups in total. The molecular weight excluding hydrogens is 356 g/mol. The Hall–Kier alpha value is -1.34. The number of carbonyl (C=O) groups is 3. The van der Waals surface area contributed by atoms with E-state index in [-0.39, 0.29) is 34.8 Å². The first kappa shape index (κ1) is 18.5. The highest BCUT2D eigenvalue weighted by Crippen LogP contribution is 2.40. The van der Waals surface area contributed by atoms with Crippen LogP contribution in [0.4, 0.5) is 4.79 Å². The van der Waals surface area contributed by atoms with Gasteiger partial charge in [0.2, 0.25) is 5.91 Å². The van der Waals surface area contributed by atoms with Crippen molar-refractivity contribution in [3.8, 4) is 0 Å². The Morgan fingerprint density at radius 1 is 1.36 bits per heavy atom. The van der Waals surface area contributed by atoms with Crippen LogP contribution in [-0.4, -0.2) is 40.8 Å². The molecule has 1 aliphatic heterocycles. The summed E-state index contributed by atoms with van der Waals surface area (Å²) in [4.78, 5) is 38.2. The van der Waals surface area contributed by atoms with Crippen LogP contribution in [0.25, 0.3) is 0 Å². The predicted octanol–water partition coefficient (Wildman–Crippen LogP) is 3.32. The van der Waals surface area contributed by atoms with E-state index in [2.05, 4.69) is 26.1 Å². The molecule has 5 nitrogen and oxygen atoms in total. The molecule has 7 heteroatoms. The van der Waals surface area contributed by atoms with Gasteiger partial charge in [0.1, 0.15) is 0 Å². The second kappa shape index (κ2) is 7.11. The number of hydrogen-bond donors (Lipinski definition) is 1. The van der Waals surface area contributed by atoms with Crippen molar-refractivity contribution in [2.75, 3.05) is 18.8 Å². The third-order valence-electron chi connectivity index (χ3n) is 5.09. The standard InChI is InChI=1S/C18H24N2O3S2/c1-18(2,3)11-4-5-12-13(9-24-14(12)8-11)16(22)19-6-7-20-15(21)10-25-17(20)23/h9,11H,4-8,10H2,1-3H3,(H,19,22). The average Bonchev–Trinajstić information content (AvgIpc) is 3.11. The minimum absolute atomic E-state index is 0.0987. The van der Waals surface area contributed by atoms with E-state index in [9.17, 15) is 14.4 Å². The Labute approximate surface area is 156 Å². The molecule has 3 rings (SSSR count). The van der Waals surface area contributed by atoms with Gasteiger partial charge < -0.3 is 5.32 Å². The number of amides is 3. The van der Waals surface area contributed by atoms with Crippen molar-refractivity contribution in [3.63, 3.8) is 0 Å². The van der Waals surface area contributed by atoms with Crippen molar-refractivity contribution in [2.45, 2.75) is 40.0 Å². The predicted molar refractivity (Wildman–Crippen MR) is 101 cm³/mol. The van der Waals surface area contributed by atoms with Crippen LogP contribution in [0.5, 0.6) is 0 Å². The Balaban J connectivity index is 1.58. The van der Waals surface area contributed by atoms with Gasteiger partial charge in [-0.1, -0.05) is 32.5 Å². The molecule has 0 bridgehead atoms. The third-order valence-corrected chi connectivity index (χ3v) is 7.00. The molecular formula is C18H24N2O3S2. The molecule has 1 unspecified atom stereocenters. The number of fused-ring (bicyclic) bond motifs is 1. The smallest absolute Gasteiger partial charge is 0.288 e. The summed E-state index contributed by atoms with van der Waals surface area (Å²) in [6.07, 6.45) is 3.11. The molecule has 0 radical (unpaired) electrons. The minimum Gasteiger partial charge on any atom is -0.350 e. The van der Waals surface area contributed by atoms with E-state index in [1.807, 2.05) is 5.38 Å². The zero-order valence-electron chi connectivity index (χ0n) is 14.9. The largest absolute Gasteiger partial charge is 0.350 e.